The van der Waals surface area contributed by atoms with Crippen molar-refractivity contribution in [1.82, 2.24) is 10.3 Å². The van der Waals surface area contributed by atoms with Gasteiger partial charge in [0.25, 0.3) is 0 Å². The molecule has 3 heteroatoms. The van der Waals surface area contributed by atoms with E-state index in [0.29, 0.717) is 6.04 Å². The van der Waals surface area contributed by atoms with Crippen LogP contribution in [0.15, 0.2) is 10.9 Å². The first-order chi connectivity index (χ1) is 7.34. The Bertz CT molecular complexity index is 302. The average molecular weight is 222 g/mol. The molecular formula is C12H18N2S. The Morgan fingerprint density at radius 2 is 2.00 bits per heavy atom. The maximum absolute atomic E-state index is 4.38. The third-order valence-corrected chi connectivity index (χ3v) is 4.20. The van der Waals surface area contributed by atoms with E-state index in [0.717, 1.165) is 17.9 Å². The van der Waals surface area contributed by atoms with Crippen molar-refractivity contribution in [2.45, 2.75) is 44.7 Å². The molecule has 0 amide bonds. The zero-order valence-corrected chi connectivity index (χ0v) is 9.96. The molecule has 1 heterocycles. The predicted octanol–water partition coefficient (Wildman–Crippen LogP) is 2.98. The molecule has 15 heavy (non-hydrogen) atoms. The summed E-state index contributed by atoms with van der Waals surface area (Å²) in [5, 5.41) is 5.95. The molecule has 2 saturated carbocycles. The minimum absolute atomic E-state index is 0.433. The Labute approximate surface area is 95.1 Å². The third kappa shape index (κ3) is 2.23. The summed E-state index contributed by atoms with van der Waals surface area (Å²) in [5.74, 6) is 1.94. The third-order valence-electron chi connectivity index (χ3n) is 3.60. The second-order valence-electron chi connectivity index (χ2n) is 5.00. The highest BCUT2D eigenvalue weighted by atomic mass is 32.1. The summed E-state index contributed by atoms with van der Waals surface area (Å²) in [6.07, 6.45) is 5.77. The van der Waals surface area contributed by atoms with Crippen LogP contribution in [0.5, 0.6) is 0 Å². The number of hydrogen-bond donors (Lipinski definition) is 1. The number of rotatable bonds is 5. The number of nitrogens with one attached hydrogen (secondary N) is 1. The van der Waals surface area contributed by atoms with Crippen LogP contribution in [0.4, 0.5) is 0 Å². The molecule has 0 saturated heterocycles. The van der Waals surface area contributed by atoms with E-state index in [1.165, 1.54) is 31.4 Å². The lowest BCUT2D eigenvalue weighted by Crippen LogP contribution is -2.35. The van der Waals surface area contributed by atoms with E-state index >= 15 is 0 Å². The van der Waals surface area contributed by atoms with Gasteiger partial charge in [0.15, 0.2) is 0 Å². The summed E-state index contributed by atoms with van der Waals surface area (Å²) in [6, 6.07) is 1.21. The Hall–Kier alpha value is -0.410. The van der Waals surface area contributed by atoms with Gasteiger partial charge in [0.2, 0.25) is 0 Å². The van der Waals surface area contributed by atoms with E-state index in [4.69, 9.17) is 0 Å². The van der Waals surface area contributed by atoms with E-state index in [1.807, 2.05) is 5.51 Å². The van der Waals surface area contributed by atoms with Crippen LogP contribution in [-0.2, 0) is 0 Å². The van der Waals surface area contributed by atoms with Crippen LogP contribution < -0.4 is 5.32 Å². The summed E-state index contributed by atoms with van der Waals surface area (Å²) in [5.41, 5.74) is 3.14. The molecule has 1 unspecified atom stereocenters. The van der Waals surface area contributed by atoms with Crippen LogP contribution >= 0.6 is 11.3 Å². The van der Waals surface area contributed by atoms with Crippen molar-refractivity contribution >= 4 is 11.3 Å². The monoisotopic (exact) mass is 222 g/mol. The number of thiazole rings is 1. The molecule has 2 nitrogen and oxygen atoms in total. The molecule has 1 N–H and O–H groups in total. The topological polar surface area (TPSA) is 24.9 Å². The van der Waals surface area contributed by atoms with Gasteiger partial charge in [0.1, 0.15) is 0 Å². The lowest BCUT2D eigenvalue weighted by Gasteiger charge is -2.22. The standard InChI is InChI=1S/C12H18N2S/c1-8(11-6-15-7-13-11)14-12(9-2-3-9)10-4-5-10/h6-10,12,14H,2-5H2,1H3. The molecule has 1 aromatic rings. The molecule has 2 fully saturated rings. The molecule has 0 spiro atoms. The van der Waals surface area contributed by atoms with Crippen LogP contribution in [0.3, 0.4) is 0 Å². The summed E-state index contributed by atoms with van der Waals surface area (Å²) in [4.78, 5) is 4.38. The smallest absolute Gasteiger partial charge is 0.0795 e. The second-order valence-corrected chi connectivity index (χ2v) is 5.72. The Kier molecular flexibility index (Phi) is 2.53. The molecule has 1 atom stereocenters. The van der Waals surface area contributed by atoms with Gasteiger partial charge in [0, 0.05) is 17.5 Å². The van der Waals surface area contributed by atoms with Crippen molar-refractivity contribution in [1.29, 1.82) is 0 Å². The summed E-state index contributed by atoms with van der Waals surface area (Å²) in [6.45, 7) is 2.24. The van der Waals surface area contributed by atoms with E-state index < -0.39 is 0 Å². The molecule has 1 aromatic heterocycles. The van der Waals surface area contributed by atoms with Crippen molar-refractivity contribution in [3.8, 4) is 0 Å². The van der Waals surface area contributed by atoms with Gasteiger partial charge in [-0.15, -0.1) is 11.3 Å². The number of hydrogen-bond acceptors (Lipinski definition) is 3. The molecule has 82 valence electrons. The molecule has 0 radical (unpaired) electrons. The normalized spacial score (nSPS) is 23.3. The average Bonchev–Trinajstić information content (AvgIpc) is 3.15. The van der Waals surface area contributed by atoms with E-state index in [1.54, 1.807) is 11.3 Å². The molecular weight excluding hydrogens is 204 g/mol. The van der Waals surface area contributed by atoms with Crippen molar-refractivity contribution in [3.05, 3.63) is 16.6 Å². The van der Waals surface area contributed by atoms with E-state index in [-0.39, 0.29) is 0 Å². The molecule has 2 aliphatic rings. The van der Waals surface area contributed by atoms with Crippen molar-refractivity contribution in [3.63, 3.8) is 0 Å². The first-order valence-corrected chi connectivity index (χ1v) is 6.93. The fourth-order valence-electron chi connectivity index (χ4n) is 2.38. The minimum atomic E-state index is 0.433. The van der Waals surface area contributed by atoms with Crippen LogP contribution in [0.1, 0.15) is 44.3 Å². The SMILES string of the molecule is CC(NC(C1CC1)C1CC1)c1cscn1. The zero-order valence-electron chi connectivity index (χ0n) is 9.15. The van der Waals surface area contributed by atoms with Gasteiger partial charge in [-0.25, -0.2) is 4.98 Å². The lowest BCUT2D eigenvalue weighted by molar-refractivity contribution is 0.374. The Balaban J connectivity index is 1.62. The Morgan fingerprint density at radius 3 is 2.47 bits per heavy atom. The highest BCUT2D eigenvalue weighted by molar-refractivity contribution is 7.07. The predicted molar refractivity (Wildman–Crippen MR) is 62.9 cm³/mol. The highest BCUT2D eigenvalue weighted by Crippen LogP contribution is 2.45. The maximum Gasteiger partial charge on any atom is 0.0795 e. The zero-order chi connectivity index (χ0) is 10.3. The van der Waals surface area contributed by atoms with Crippen LogP contribution in [-0.4, -0.2) is 11.0 Å². The van der Waals surface area contributed by atoms with Gasteiger partial charge >= 0.3 is 0 Å². The van der Waals surface area contributed by atoms with Gasteiger partial charge in [-0.1, -0.05) is 0 Å². The first-order valence-electron chi connectivity index (χ1n) is 5.98. The first kappa shape index (κ1) is 9.79. The van der Waals surface area contributed by atoms with Gasteiger partial charge in [0.05, 0.1) is 11.2 Å². The summed E-state index contributed by atoms with van der Waals surface area (Å²) >= 11 is 1.69. The van der Waals surface area contributed by atoms with Crippen LogP contribution in [0, 0.1) is 11.8 Å². The minimum Gasteiger partial charge on any atom is -0.305 e. The summed E-state index contributed by atoms with van der Waals surface area (Å²) < 4.78 is 0. The number of aromatic nitrogens is 1. The quantitative estimate of drug-likeness (QED) is 0.828. The molecule has 0 aromatic carbocycles. The number of nitrogens with zero attached hydrogens (tertiary/aromatic N) is 1. The van der Waals surface area contributed by atoms with Crippen molar-refractivity contribution in [2.24, 2.45) is 11.8 Å². The molecule has 3 rings (SSSR count). The molecule has 0 bridgehead atoms. The van der Waals surface area contributed by atoms with Gasteiger partial charge in [-0.05, 0) is 44.4 Å². The molecule has 2 aliphatic carbocycles. The largest absolute Gasteiger partial charge is 0.305 e. The highest BCUT2D eigenvalue weighted by Gasteiger charge is 2.41. The fourth-order valence-corrected chi connectivity index (χ4v) is 3.03. The maximum atomic E-state index is 4.38. The fraction of sp³-hybridized carbons (Fsp3) is 0.750. The van der Waals surface area contributed by atoms with Crippen LogP contribution in [0.25, 0.3) is 0 Å². The van der Waals surface area contributed by atoms with Crippen molar-refractivity contribution in [2.75, 3.05) is 0 Å². The van der Waals surface area contributed by atoms with E-state index in [9.17, 15) is 0 Å². The van der Waals surface area contributed by atoms with Gasteiger partial charge in [-0.2, -0.15) is 0 Å². The Morgan fingerprint density at radius 1 is 1.33 bits per heavy atom. The van der Waals surface area contributed by atoms with Gasteiger partial charge < -0.3 is 5.32 Å². The van der Waals surface area contributed by atoms with Crippen LogP contribution in [0.2, 0.25) is 0 Å². The van der Waals surface area contributed by atoms with E-state index in [2.05, 4.69) is 22.6 Å². The van der Waals surface area contributed by atoms with Gasteiger partial charge in [-0.3, -0.25) is 0 Å². The second kappa shape index (κ2) is 3.87. The molecule has 0 aliphatic heterocycles. The lowest BCUT2D eigenvalue weighted by atomic mass is 10.1. The summed E-state index contributed by atoms with van der Waals surface area (Å²) in [7, 11) is 0. The van der Waals surface area contributed by atoms with Crippen molar-refractivity contribution < 1.29 is 0 Å².